The quantitative estimate of drug-likeness (QED) is 0.689. The van der Waals surface area contributed by atoms with Gasteiger partial charge in [0.05, 0.1) is 15.9 Å². The van der Waals surface area contributed by atoms with E-state index in [1.165, 1.54) is 11.3 Å². The number of fused-ring (bicyclic) bond motifs is 1. The number of halogens is 3. The van der Waals surface area contributed by atoms with Crippen LogP contribution in [0.2, 0.25) is 0 Å². The first-order valence-electron chi connectivity index (χ1n) is 5.82. The van der Waals surface area contributed by atoms with Gasteiger partial charge in [-0.05, 0) is 18.6 Å². The van der Waals surface area contributed by atoms with Crippen molar-refractivity contribution in [3.8, 4) is 0 Å². The van der Waals surface area contributed by atoms with Gasteiger partial charge in [-0.25, -0.2) is 18.2 Å². The molecule has 3 aromatic rings. The number of hydrogen-bond acceptors (Lipinski definition) is 3. The van der Waals surface area contributed by atoms with Gasteiger partial charge in [-0.1, -0.05) is 23.5 Å². The third-order valence-corrected chi connectivity index (χ3v) is 3.79. The smallest absolute Gasteiger partial charge is 0.188 e. The lowest BCUT2D eigenvalue weighted by molar-refractivity contribution is 0.498. The molecule has 0 fully saturated rings. The van der Waals surface area contributed by atoms with Crippen LogP contribution in [0.15, 0.2) is 30.3 Å². The third-order valence-electron chi connectivity index (χ3n) is 2.86. The molecule has 0 spiro atoms. The first kappa shape index (κ1) is 12.9. The Kier molecular flexibility index (Phi) is 3.10. The number of hydrogen-bond donors (Lipinski definition) is 1. The fourth-order valence-electron chi connectivity index (χ4n) is 1.90. The number of nitrogens with one attached hydrogen (secondary N) is 1. The average Bonchev–Trinajstić information content (AvgIpc) is 2.79. The van der Waals surface area contributed by atoms with Crippen LogP contribution < -0.4 is 5.32 Å². The molecule has 0 amide bonds. The molecule has 0 unspecified atom stereocenters. The van der Waals surface area contributed by atoms with Crippen molar-refractivity contribution >= 4 is 32.4 Å². The molecule has 2 aromatic carbocycles. The second kappa shape index (κ2) is 4.79. The topological polar surface area (TPSA) is 24.9 Å². The Hall–Kier alpha value is -2.08. The summed E-state index contributed by atoms with van der Waals surface area (Å²) < 4.78 is 40.8. The minimum atomic E-state index is -1.23. The summed E-state index contributed by atoms with van der Waals surface area (Å²) in [5.74, 6) is -3.20. The van der Waals surface area contributed by atoms with Crippen molar-refractivity contribution in [3.05, 3.63) is 53.3 Å². The van der Waals surface area contributed by atoms with Gasteiger partial charge in [-0.15, -0.1) is 0 Å². The summed E-state index contributed by atoms with van der Waals surface area (Å²) in [5, 5.41) is 3.01. The zero-order valence-electron chi connectivity index (χ0n) is 10.4. The fraction of sp³-hybridized carbons (Fsp3) is 0.0714. The molecule has 0 bridgehead atoms. The van der Waals surface area contributed by atoms with E-state index in [-0.39, 0.29) is 5.69 Å². The van der Waals surface area contributed by atoms with E-state index in [1.807, 2.05) is 25.1 Å². The molecule has 0 aliphatic carbocycles. The average molecular weight is 294 g/mol. The molecule has 0 saturated heterocycles. The number of thiazole rings is 1. The minimum Gasteiger partial charge on any atom is -0.329 e. The first-order valence-corrected chi connectivity index (χ1v) is 6.64. The van der Waals surface area contributed by atoms with Crippen molar-refractivity contribution in [3.63, 3.8) is 0 Å². The first-order chi connectivity index (χ1) is 9.54. The molecule has 2 nitrogen and oxygen atoms in total. The molecule has 0 atom stereocenters. The molecular formula is C14H9F3N2S. The van der Waals surface area contributed by atoms with Gasteiger partial charge in [-0.2, -0.15) is 0 Å². The Morgan fingerprint density at radius 1 is 1.15 bits per heavy atom. The summed E-state index contributed by atoms with van der Waals surface area (Å²) in [6.07, 6.45) is 0. The van der Waals surface area contributed by atoms with E-state index in [0.717, 1.165) is 21.8 Å². The van der Waals surface area contributed by atoms with Crippen LogP contribution in [0.1, 0.15) is 5.56 Å². The van der Waals surface area contributed by atoms with Crippen molar-refractivity contribution in [2.45, 2.75) is 6.92 Å². The second-order valence-corrected chi connectivity index (χ2v) is 5.35. The maximum Gasteiger partial charge on any atom is 0.188 e. The highest BCUT2D eigenvalue weighted by Gasteiger charge is 2.13. The number of nitrogens with zero attached hydrogens (tertiary/aromatic N) is 1. The minimum absolute atomic E-state index is 0.265. The lowest BCUT2D eigenvalue weighted by Crippen LogP contribution is -1.97. The van der Waals surface area contributed by atoms with E-state index in [4.69, 9.17) is 0 Å². The summed E-state index contributed by atoms with van der Waals surface area (Å²) in [6, 6.07) is 7.09. The Morgan fingerprint density at radius 3 is 2.70 bits per heavy atom. The maximum atomic E-state index is 13.6. The molecule has 3 rings (SSSR count). The standard InChI is InChI=1S/C14H9F3N2S/c1-7-3-2-4-11-13(7)19-14(20-11)18-10-6-8(15)5-9(16)12(10)17/h2-6H,1H3,(H,18,19). The fourth-order valence-corrected chi connectivity index (χ4v) is 2.86. The van der Waals surface area contributed by atoms with Gasteiger partial charge in [0.25, 0.3) is 0 Å². The number of para-hydroxylation sites is 1. The van der Waals surface area contributed by atoms with Crippen molar-refractivity contribution in [1.82, 2.24) is 4.98 Å². The zero-order chi connectivity index (χ0) is 14.3. The van der Waals surface area contributed by atoms with E-state index >= 15 is 0 Å². The summed E-state index contributed by atoms with van der Waals surface area (Å²) in [7, 11) is 0. The summed E-state index contributed by atoms with van der Waals surface area (Å²) in [5.41, 5.74) is 1.51. The van der Waals surface area contributed by atoms with Crippen LogP contribution in [-0.4, -0.2) is 4.98 Å². The molecule has 20 heavy (non-hydrogen) atoms. The van der Waals surface area contributed by atoms with E-state index < -0.39 is 17.5 Å². The van der Waals surface area contributed by atoms with Gasteiger partial charge >= 0.3 is 0 Å². The van der Waals surface area contributed by atoms with Gasteiger partial charge in [0.1, 0.15) is 5.82 Å². The van der Waals surface area contributed by atoms with Gasteiger partial charge in [0.2, 0.25) is 0 Å². The summed E-state index contributed by atoms with van der Waals surface area (Å²) in [6.45, 7) is 1.91. The number of anilines is 2. The molecule has 0 saturated carbocycles. The maximum absolute atomic E-state index is 13.6. The number of aryl methyl sites for hydroxylation is 1. The van der Waals surface area contributed by atoms with E-state index in [0.29, 0.717) is 11.2 Å². The molecule has 6 heteroatoms. The molecule has 1 N–H and O–H groups in total. The molecule has 0 aliphatic heterocycles. The predicted molar refractivity (Wildman–Crippen MR) is 74.0 cm³/mol. The van der Waals surface area contributed by atoms with Crippen LogP contribution in [0.3, 0.4) is 0 Å². The van der Waals surface area contributed by atoms with Crippen LogP contribution >= 0.6 is 11.3 Å². The SMILES string of the molecule is Cc1cccc2sc(Nc3cc(F)cc(F)c3F)nc12. The van der Waals surface area contributed by atoms with Gasteiger partial charge < -0.3 is 5.32 Å². The number of benzene rings is 2. The van der Waals surface area contributed by atoms with Gasteiger partial charge in [0.15, 0.2) is 16.8 Å². The molecule has 0 aliphatic rings. The normalized spacial score (nSPS) is 11.0. The lowest BCUT2D eigenvalue weighted by atomic mass is 10.2. The molecular weight excluding hydrogens is 285 g/mol. The Labute approximate surface area is 116 Å². The van der Waals surface area contributed by atoms with Crippen molar-refractivity contribution in [2.75, 3.05) is 5.32 Å². The van der Waals surface area contributed by atoms with Crippen molar-refractivity contribution < 1.29 is 13.2 Å². The molecule has 1 heterocycles. The predicted octanol–water partition coefficient (Wildman–Crippen LogP) is 4.77. The Balaban J connectivity index is 2.03. The highest BCUT2D eigenvalue weighted by molar-refractivity contribution is 7.22. The van der Waals surface area contributed by atoms with Crippen LogP contribution in [0.4, 0.5) is 24.0 Å². The van der Waals surface area contributed by atoms with Crippen LogP contribution in [0.25, 0.3) is 10.2 Å². The van der Waals surface area contributed by atoms with E-state index in [2.05, 4.69) is 10.3 Å². The monoisotopic (exact) mass is 294 g/mol. The molecule has 102 valence electrons. The highest BCUT2D eigenvalue weighted by Crippen LogP contribution is 2.31. The highest BCUT2D eigenvalue weighted by atomic mass is 32.1. The summed E-state index contributed by atoms with van der Waals surface area (Å²) >= 11 is 1.29. The lowest BCUT2D eigenvalue weighted by Gasteiger charge is -2.04. The van der Waals surface area contributed by atoms with Crippen molar-refractivity contribution in [1.29, 1.82) is 0 Å². The number of rotatable bonds is 2. The van der Waals surface area contributed by atoms with Crippen molar-refractivity contribution in [2.24, 2.45) is 0 Å². The van der Waals surface area contributed by atoms with E-state index in [9.17, 15) is 13.2 Å². The summed E-state index contributed by atoms with van der Waals surface area (Å²) in [4.78, 5) is 4.30. The molecule has 1 aromatic heterocycles. The molecule has 0 radical (unpaired) electrons. The Bertz CT molecular complexity index is 798. The number of aromatic nitrogens is 1. The second-order valence-electron chi connectivity index (χ2n) is 4.31. The largest absolute Gasteiger partial charge is 0.329 e. The Morgan fingerprint density at radius 2 is 1.95 bits per heavy atom. The van der Waals surface area contributed by atoms with E-state index in [1.54, 1.807) is 0 Å². The van der Waals surface area contributed by atoms with Crippen LogP contribution in [0.5, 0.6) is 0 Å². The van der Waals surface area contributed by atoms with Gasteiger partial charge in [-0.3, -0.25) is 0 Å². The third kappa shape index (κ3) is 2.22. The zero-order valence-corrected chi connectivity index (χ0v) is 11.2. The van der Waals surface area contributed by atoms with Crippen LogP contribution in [0, 0.1) is 24.4 Å². The van der Waals surface area contributed by atoms with Gasteiger partial charge in [0, 0.05) is 12.1 Å². The van der Waals surface area contributed by atoms with Crippen LogP contribution in [-0.2, 0) is 0 Å².